The Morgan fingerprint density at radius 3 is 2.61 bits per heavy atom. The van der Waals surface area contributed by atoms with E-state index in [-0.39, 0.29) is 6.04 Å². The Kier molecular flexibility index (Phi) is 3.97. The number of rotatable bonds is 3. The molecule has 1 aromatic heterocycles. The van der Waals surface area contributed by atoms with Gasteiger partial charge < -0.3 is 0 Å². The van der Waals surface area contributed by atoms with E-state index in [0.29, 0.717) is 5.02 Å². The molecule has 0 bridgehead atoms. The second-order valence-electron chi connectivity index (χ2n) is 4.36. The number of halogens is 1. The summed E-state index contributed by atoms with van der Waals surface area (Å²) in [6.07, 6.45) is 3.58. The van der Waals surface area contributed by atoms with Gasteiger partial charge in [-0.25, -0.2) is 5.43 Å². The third kappa shape index (κ3) is 2.53. The van der Waals surface area contributed by atoms with Crippen molar-refractivity contribution in [3.8, 4) is 0 Å². The number of nitrogens with one attached hydrogen (secondary N) is 1. The number of aryl methyl sites for hydroxylation is 2. The minimum atomic E-state index is -0.146. The van der Waals surface area contributed by atoms with E-state index in [9.17, 15) is 0 Å². The molecule has 0 fully saturated rings. The molecule has 0 aliphatic heterocycles. The highest BCUT2D eigenvalue weighted by Gasteiger charge is 2.17. The first-order valence-corrected chi connectivity index (χ1v) is 6.14. The van der Waals surface area contributed by atoms with Crippen LogP contribution in [0.15, 0.2) is 36.7 Å². The average molecular weight is 262 g/mol. The molecular formula is C14H16ClN3. The van der Waals surface area contributed by atoms with Gasteiger partial charge in [-0.05, 0) is 48.2 Å². The number of benzene rings is 1. The van der Waals surface area contributed by atoms with Crippen LogP contribution in [0, 0.1) is 13.8 Å². The summed E-state index contributed by atoms with van der Waals surface area (Å²) < 4.78 is 0. The molecule has 1 atom stereocenters. The molecule has 2 aromatic rings. The van der Waals surface area contributed by atoms with Gasteiger partial charge in [-0.1, -0.05) is 23.7 Å². The maximum atomic E-state index is 6.29. The lowest BCUT2D eigenvalue weighted by molar-refractivity contribution is 0.631. The molecule has 0 radical (unpaired) electrons. The van der Waals surface area contributed by atoms with Crippen molar-refractivity contribution in [2.75, 3.05) is 0 Å². The van der Waals surface area contributed by atoms with E-state index in [2.05, 4.69) is 10.4 Å². The van der Waals surface area contributed by atoms with Crippen LogP contribution in [0.2, 0.25) is 5.02 Å². The van der Waals surface area contributed by atoms with E-state index in [0.717, 1.165) is 22.3 Å². The fourth-order valence-corrected chi connectivity index (χ4v) is 2.34. The Bertz CT molecular complexity index is 554. The van der Waals surface area contributed by atoms with Gasteiger partial charge >= 0.3 is 0 Å². The molecule has 18 heavy (non-hydrogen) atoms. The summed E-state index contributed by atoms with van der Waals surface area (Å²) in [6, 6.07) is 7.77. The van der Waals surface area contributed by atoms with Crippen LogP contribution >= 0.6 is 11.6 Å². The summed E-state index contributed by atoms with van der Waals surface area (Å²) in [4.78, 5) is 4.15. The molecule has 3 N–H and O–H groups in total. The van der Waals surface area contributed by atoms with E-state index >= 15 is 0 Å². The first kappa shape index (κ1) is 13.0. The van der Waals surface area contributed by atoms with Gasteiger partial charge in [0.1, 0.15) is 0 Å². The molecule has 4 heteroatoms. The Morgan fingerprint density at radius 1 is 1.22 bits per heavy atom. The summed E-state index contributed by atoms with van der Waals surface area (Å²) >= 11 is 6.29. The third-order valence-electron chi connectivity index (χ3n) is 3.02. The van der Waals surface area contributed by atoms with E-state index in [1.807, 2.05) is 44.3 Å². The number of nitrogens with zero attached hydrogens (tertiary/aromatic N) is 1. The van der Waals surface area contributed by atoms with E-state index in [1.165, 1.54) is 0 Å². The molecule has 0 amide bonds. The van der Waals surface area contributed by atoms with Crippen LogP contribution in [0.1, 0.15) is 28.3 Å². The molecule has 2 rings (SSSR count). The second-order valence-corrected chi connectivity index (χ2v) is 4.76. The molecule has 1 heterocycles. The van der Waals surface area contributed by atoms with Gasteiger partial charge in [0, 0.05) is 17.4 Å². The molecule has 0 saturated carbocycles. The number of hydrazine groups is 1. The number of aromatic nitrogens is 1. The number of nitrogens with two attached hydrogens (primary N) is 1. The highest BCUT2D eigenvalue weighted by atomic mass is 35.5. The van der Waals surface area contributed by atoms with Gasteiger partial charge in [-0.3, -0.25) is 10.8 Å². The number of hydrogen-bond acceptors (Lipinski definition) is 3. The third-order valence-corrected chi connectivity index (χ3v) is 3.35. The zero-order valence-corrected chi connectivity index (χ0v) is 11.2. The zero-order valence-electron chi connectivity index (χ0n) is 10.4. The Balaban J connectivity index is 2.49. The largest absolute Gasteiger partial charge is 0.271 e. The van der Waals surface area contributed by atoms with Gasteiger partial charge in [0.25, 0.3) is 0 Å². The molecule has 0 aliphatic rings. The summed E-state index contributed by atoms with van der Waals surface area (Å²) in [5.74, 6) is 5.68. The first-order valence-electron chi connectivity index (χ1n) is 5.76. The maximum absolute atomic E-state index is 6.29. The van der Waals surface area contributed by atoms with Crippen LogP contribution in [0.25, 0.3) is 0 Å². The number of hydrogen-bond donors (Lipinski definition) is 2. The highest BCUT2D eigenvalue weighted by Crippen LogP contribution is 2.29. The van der Waals surface area contributed by atoms with E-state index in [1.54, 1.807) is 6.20 Å². The molecule has 0 spiro atoms. The minimum absolute atomic E-state index is 0.146. The molecule has 1 aromatic carbocycles. The quantitative estimate of drug-likeness (QED) is 0.660. The van der Waals surface area contributed by atoms with Crippen LogP contribution in [0.4, 0.5) is 0 Å². The predicted molar refractivity (Wildman–Crippen MR) is 74.3 cm³/mol. The van der Waals surface area contributed by atoms with Gasteiger partial charge in [0.15, 0.2) is 0 Å². The molecule has 1 unspecified atom stereocenters. The molecular weight excluding hydrogens is 246 g/mol. The van der Waals surface area contributed by atoms with Crippen LogP contribution in [-0.2, 0) is 0 Å². The van der Waals surface area contributed by atoms with Gasteiger partial charge in [-0.15, -0.1) is 0 Å². The van der Waals surface area contributed by atoms with Crippen molar-refractivity contribution in [3.63, 3.8) is 0 Å². The van der Waals surface area contributed by atoms with Crippen LogP contribution < -0.4 is 11.3 Å². The predicted octanol–water partition coefficient (Wildman–Crippen LogP) is 2.90. The molecule has 0 saturated heterocycles. The average Bonchev–Trinajstić information content (AvgIpc) is 2.34. The minimum Gasteiger partial charge on any atom is -0.271 e. The standard InChI is InChI=1S/C14H16ClN3/c1-9-3-4-11(13(15)7-9)14(18-16)12-8-17-6-5-10(12)2/h3-8,14,18H,16H2,1-2H3. The molecule has 0 aliphatic carbocycles. The zero-order chi connectivity index (χ0) is 13.1. The number of pyridine rings is 1. The summed E-state index contributed by atoms with van der Waals surface area (Å²) in [5, 5.41) is 0.709. The summed E-state index contributed by atoms with van der Waals surface area (Å²) in [7, 11) is 0. The topological polar surface area (TPSA) is 50.9 Å². The van der Waals surface area contributed by atoms with Crippen molar-refractivity contribution >= 4 is 11.6 Å². The summed E-state index contributed by atoms with van der Waals surface area (Å²) in [6.45, 7) is 4.04. The summed E-state index contributed by atoms with van der Waals surface area (Å²) in [5.41, 5.74) is 7.06. The van der Waals surface area contributed by atoms with Gasteiger partial charge in [0.05, 0.1) is 6.04 Å². The van der Waals surface area contributed by atoms with Gasteiger partial charge in [0.2, 0.25) is 0 Å². The molecule has 94 valence electrons. The lowest BCUT2D eigenvalue weighted by Gasteiger charge is -2.20. The highest BCUT2D eigenvalue weighted by molar-refractivity contribution is 6.31. The van der Waals surface area contributed by atoms with Crippen LogP contribution in [0.5, 0.6) is 0 Å². The lowest BCUT2D eigenvalue weighted by atomic mass is 9.96. The molecule has 3 nitrogen and oxygen atoms in total. The first-order chi connectivity index (χ1) is 8.63. The Labute approximate surface area is 112 Å². The Morgan fingerprint density at radius 2 is 2.00 bits per heavy atom. The van der Waals surface area contributed by atoms with Crippen molar-refractivity contribution < 1.29 is 0 Å². The van der Waals surface area contributed by atoms with Crippen LogP contribution in [0.3, 0.4) is 0 Å². The van der Waals surface area contributed by atoms with Crippen molar-refractivity contribution in [2.24, 2.45) is 5.84 Å². The fraction of sp³-hybridized carbons (Fsp3) is 0.214. The monoisotopic (exact) mass is 261 g/mol. The van der Waals surface area contributed by atoms with E-state index < -0.39 is 0 Å². The SMILES string of the molecule is Cc1ccc(C(NN)c2cnccc2C)c(Cl)c1. The Hall–Kier alpha value is -1.42. The lowest BCUT2D eigenvalue weighted by Crippen LogP contribution is -2.29. The smallest absolute Gasteiger partial charge is 0.0742 e. The maximum Gasteiger partial charge on any atom is 0.0742 e. The van der Waals surface area contributed by atoms with Crippen molar-refractivity contribution in [1.82, 2.24) is 10.4 Å². The van der Waals surface area contributed by atoms with Crippen LogP contribution in [-0.4, -0.2) is 4.98 Å². The fourth-order valence-electron chi connectivity index (χ4n) is 1.99. The second kappa shape index (κ2) is 5.48. The van der Waals surface area contributed by atoms with Crippen molar-refractivity contribution in [1.29, 1.82) is 0 Å². The van der Waals surface area contributed by atoms with Gasteiger partial charge in [-0.2, -0.15) is 0 Å². The normalized spacial score (nSPS) is 12.4. The van der Waals surface area contributed by atoms with Crippen molar-refractivity contribution in [3.05, 3.63) is 63.9 Å². The van der Waals surface area contributed by atoms with Crippen molar-refractivity contribution in [2.45, 2.75) is 19.9 Å². The van der Waals surface area contributed by atoms with E-state index in [4.69, 9.17) is 17.4 Å².